The SMILES string of the molecule is O=[N+]([O-])c1ccccc1SNc1c(Cl)cc(Cl)cc1Cl. The number of halogens is 3. The van der Waals surface area contributed by atoms with Gasteiger partial charge in [-0.2, -0.15) is 0 Å². The molecule has 0 heterocycles. The first-order valence-corrected chi connectivity index (χ1v) is 7.25. The van der Waals surface area contributed by atoms with Gasteiger partial charge in [0.1, 0.15) is 4.90 Å². The van der Waals surface area contributed by atoms with Crippen LogP contribution in [0.25, 0.3) is 0 Å². The molecule has 2 aromatic carbocycles. The van der Waals surface area contributed by atoms with Crippen molar-refractivity contribution >= 4 is 58.1 Å². The molecule has 0 radical (unpaired) electrons. The predicted octanol–water partition coefficient (Wildman–Crippen LogP) is 5.67. The number of nitro benzene ring substituents is 1. The van der Waals surface area contributed by atoms with Crippen LogP contribution in [0.1, 0.15) is 0 Å². The molecular weight excluding hydrogens is 343 g/mol. The van der Waals surface area contributed by atoms with Gasteiger partial charge in [0, 0.05) is 11.1 Å². The van der Waals surface area contributed by atoms with Crippen LogP contribution in [0.3, 0.4) is 0 Å². The molecule has 0 saturated carbocycles. The van der Waals surface area contributed by atoms with Gasteiger partial charge in [-0.25, -0.2) is 0 Å². The zero-order chi connectivity index (χ0) is 14.7. The molecule has 0 bridgehead atoms. The minimum atomic E-state index is -0.449. The average Bonchev–Trinajstić information content (AvgIpc) is 2.37. The van der Waals surface area contributed by atoms with Crippen LogP contribution in [0, 0.1) is 10.1 Å². The minimum absolute atomic E-state index is 0.00575. The molecular formula is C12H7Cl3N2O2S. The molecule has 0 amide bonds. The first-order valence-electron chi connectivity index (χ1n) is 5.30. The average molecular weight is 350 g/mol. The lowest BCUT2D eigenvalue weighted by molar-refractivity contribution is -0.387. The highest BCUT2D eigenvalue weighted by atomic mass is 35.5. The topological polar surface area (TPSA) is 55.2 Å². The highest BCUT2D eigenvalue weighted by molar-refractivity contribution is 8.00. The fraction of sp³-hybridized carbons (Fsp3) is 0. The van der Waals surface area contributed by atoms with Crippen LogP contribution in [0.5, 0.6) is 0 Å². The molecule has 8 heteroatoms. The first-order chi connectivity index (χ1) is 9.49. The molecule has 0 saturated heterocycles. The Morgan fingerprint density at radius 1 is 1.10 bits per heavy atom. The number of nitrogens with zero attached hydrogens (tertiary/aromatic N) is 1. The lowest BCUT2D eigenvalue weighted by atomic mass is 10.3. The molecule has 0 fully saturated rings. The standard InChI is InChI=1S/C12H7Cl3N2O2S/c13-7-5-8(14)12(9(15)6-7)16-20-11-4-2-1-3-10(11)17(18)19/h1-6,16H. The Morgan fingerprint density at radius 3 is 2.30 bits per heavy atom. The van der Waals surface area contributed by atoms with E-state index in [2.05, 4.69) is 4.72 Å². The van der Waals surface area contributed by atoms with E-state index in [1.54, 1.807) is 18.2 Å². The van der Waals surface area contributed by atoms with Crippen molar-refractivity contribution in [3.8, 4) is 0 Å². The van der Waals surface area contributed by atoms with Crippen molar-refractivity contribution in [1.29, 1.82) is 0 Å². The number of nitrogens with one attached hydrogen (secondary N) is 1. The van der Waals surface area contributed by atoms with Gasteiger partial charge >= 0.3 is 0 Å². The maximum atomic E-state index is 10.9. The van der Waals surface area contributed by atoms with Gasteiger partial charge in [-0.05, 0) is 30.1 Å². The third kappa shape index (κ3) is 3.49. The van der Waals surface area contributed by atoms with E-state index in [-0.39, 0.29) is 5.69 Å². The molecule has 1 N–H and O–H groups in total. The van der Waals surface area contributed by atoms with E-state index in [0.29, 0.717) is 25.7 Å². The minimum Gasteiger partial charge on any atom is -0.323 e. The summed E-state index contributed by atoms with van der Waals surface area (Å²) < 4.78 is 2.91. The van der Waals surface area contributed by atoms with Crippen LogP contribution in [-0.4, -0.2) is 4.92 Å². The number of hydrogen-bond acceptors (Lipinski definition) is 4. The Bertz CT molecular complexity index is 644. The number of para-hydroxylation sites is 1. The predicted molar refractivity (Wildman–Crippen MR) is 84.0 cm³/mol. The summed E-state index contributed by atoms with van der Waals surface area (Å²) in [6, 6.07) is 9.45. The maximum absolute atomic E-state index is 10.9. The second-order valence-electron chi connectivity index (χ2n) is 3.67. The quantitative estimate of drug-likeness (QED) is 0.438. The van der Waals surface area contributed by atoms with Gasteiger partial charge in [-0.3, -0.25) is 10.1 Å². The Hall–Kier alpha value is -1.14. The van der Waals surface area contributed by atoms with Crippen LogP contribution in [0.2, 0.25) is 15.1 Å². The van der Waals surface area contributed by atoms with Crippen molar-refractivity contribution in [3.63, 3.8) is 0 Å². The second kappa shape index (κ2) is 6.54. The van der Waals surface area contributed by atoms with Crippen LogP contribution >= 0.6 is 46.8 Å². The zero-order valence-electron chi connectivity index (χ0n) is 9.77. The van der Waals surface area contributed by atoms with Gasteiger partial charge in [0.05, 0.1) is 20.7 Å². The molecule has 0 atom stereocenters. The normalized spacial score (nSPS) is 10.3. The van der Waals surface area contributed by atoms with Crippen molar-refractivity contribution in [3.05, 3.63) is 61.6 Å². The number of hydrogen-bond donors (Lipinski definition) is 1. The van der Waals surface area contributed by atoms with E-state index in [0.717, 1.165) is 11.9 Å². The van der Waals surface area contributed by atoms with Crippen molar-refractivity contribution in [2.45, 2.75) is 4.90 Å². The molecule has 0 aliphatic rings. The van der Waals surface area contributed by atoms with E-state index < -0.39 is 4.92 Å². The highest BCUT2D eigenvalue weighted by Gasteiger charge is 2.14. The molecule has 2 aromatic rings. The van der Waals surface area contributed by atoms with Gasteiger partial charge < -0.3 is 4.72 Å². The lowest BCUT2D eigenvalue weighted by Crippen LogP contribution is -1.94. The molecule has 20 heavy (non-hydrogen) atoms. The van der Waals surface area contributed by atoms with Gasteiger partial charge in [0.2, 0.25) is 0 Å². The summed E-state index contributed by atoms with van der Waals surface area (Å²) in [4.78, 5) is 10.9. The van der Waals surface area contributed by atoms with E-state index in [4.69, 9.17) is 34.8 Å². The van der Waals surface area contributed by atoms with Crippen LogP contribution in [-0.2, 0) is 0 Å². The van der Waals surface area contributed by atoms with Gasteiger partial charge in [-0.15, -0.1) is 0 Å². The van der Waals surface area contributed by atoms with E-state index in [1.165, 1.54) is 18.2 Å². The van der Waals surface area contributed by atoms with Crippen molar-refractivity contribution in [2.75, 3.05) is 4.72 Å². The fourth-order valence-corrected chi connectivity index (χ4v) is 3.29. The maximum Gasteiger partial charge on any atom is 0.284 e. The van der Waals surface area contributed by atoms with E-state index >= 15 is 0 Å². The number of rotatable bonds is 4. The van der Waals surface area contributed by atoms with Crippen LogP contribution < -0.4 is 4.72 Å². The highest BCUT2D eigenvalue weighted by Crippen LogP contribution is 2.38. The molecule has 0 aromatic heterocycles. The van der Waals surface area contributed by atoms with E-state index in [9.17, 15) is 10.1 Å². The molecule has 0 unspecified atom stereocenters. The molecule has 4 nitrogen and oxygen atoms in total. The second-order valence-corrected chi connectivity index (χ2v) is 5.77. The monoisotopic (exact) mass is 348 g/mol. The molecule has 0 aliphatic carbocycles. The molecule has 104 valence electrons. The van der Waals surface area contributed by atoms with Crippen LogP contribution in [0.4, 0.5) is 11.4 Å². The largest absolute Gasteiger partial charge is 0.323 e. The Labute approximate surface area is 134 Å². The number of benzene rings is 2. The first kappa shape index (κ1) is 15.3. The van der Waals surface area contributed by atoms with E-state index in [1.807, 2.05) is 0 Å². The Balaban J connectivity index is 2.24. The summed E-state index contributed by atoms with van der Waals surface area (Å²) in [5, 5.41) is 12.0. The fourth-order valence-electron chi connectivity index (χ4n) is 1.44. The van der Waals surface area contributed by atoms with Gasteiger partial charge in [-0.1, -0.05) is 46.9 Å². The summed E-state index contributed by atoms with van der Waals surface area (Å²) in [7, 11) is 0. The number of nitro groups is 1. The summed E-state index contributed by atoms with van der Waals surface area (Å²) in [5.41, 5.74) is 0.465. The molecule has 0 spiro atoms. The van der Waals surface area contributed by atoms with Gasteiger partial charge in [0.15, 0.2) is 0 Å². The van der Waals surface area contributed by atoms with Gasteiger partial charge in [0.25, 0.3) is 5.69 Å². The Morgan fingerprint density at radius 2 is 1.70 bits per heavy atom. The van der Waals surface area contributed by atoms with Crippen LogP contribution in [0.15, 0.2) is 41.3 Å². The zero-order valence-corrected chi connectivity index (χ0v) is 12.9. The van der Waals surface area contributed by atoms with Crippen molar-refractivity contribution in [1.82, 2.24) is 0 Å². The third-order valence-electron chi connectivity index (χ3n) is 2.33. The summed E-state index contributed by atoms with van der Waals surface area (Å²) >= 11 is 18.9. The molecule has 2 rings (SSSR count). The van der Waals surface area contributed by atoms with Crippen molar-refractivity contribution in [2.24, 2.45) is 0 Å². The number of anilines is 1. The van der Waals surface area contributed by atoms with Crippen molar-refractivity contribution < 1.29 is 4.92 Å². The third-order valence-corrected chi connectivity index (χ3v) is 4.02. The molecule has 0 aliphatic heterocycles. The summed E-state index contributed by atoms with van der Waals surface area (Å²) in [5.74, 6) is 0. The lowest BCUT2D eigenvalue weighted by Gasteiger charge is -2.10. The Kier molecular flexibility index (Phi) is 4.99. The summed E-state index contributed by atoms with van der Waals surface area (Å²) in [6.07, 6.45) is 0. The smallest absolute Gasteiger partial charge is 0.284 e. The summed E-state index contributed by atoms with van der Waals surface area (Å²) in [6.45, 7) is 0.